The fourth-order valence-electron chi connectivity index (χ4n) is 2.08. The summed E-state index contributed by atoms with van der Waals surface area (Å²) in [6, 6.07) is 11.8. The van der Waals surface area contributed by atoms with Crippen LogP contribution in [0.3, 0.4) is 0 Å². The SMILES string of the molecule is CN(CCCC(=O)c1ccc(F)cc1)c1ccc(F)cc1. The molecule has 0 N–H and O–H groups in total. The van der Waals surface area contributed by atoms with Gasteiger partial charge in [-0.25, -0.2) is 8.78 Å². The highest BCUT2D eigenvalue weighted by molar-refractivity contribution is 5.95. The summed E-state index contributed by atoms with van der Waals surface area (Å²) in [5, 5.41) is 0. The van der Waals surface area contributed by atoms with Gasteiger partial charge in [-0.3, -0.25) is 4.79 Å². The van der Waals surface area contributed by atoms with Crippen molar-refractivity contribution in [2.24, 2.45) is 0 Å². The zero-order valence-corrected chi connectivity index (χ0v) is 11.9. The van der Waals surface area contributed by atoms with Crippen LogP contribution in [0.5, 0.6) is 0 Å². The van der Waals surface area contributed by atoms with Crippen molar-refractivity contribution in [3.05, 3.63) is 65.7 Å². The minimum atomic E-state index is -0.345. The summed E-state index contributed by atoms with van der Waals surface area (Å²) in [7, 11) is 1.90. The number of benzene rings is 2. The molecular formula is C17H17F2NO. The number of halogens is 2. The van der Waals surface area contributed by atoms with Crippen LogP contribution in [0.15, 0.2) is 48.5 Å². The molecule has 0 unspecified atom stereocenters. The monoisotopic (exact) mass is 289 g/mol. The van der Waals surface area contributed by atoms with Gasteiger partial charge in [-0.15, -0.1) is 0 Å². The summed E-state index contributed by atoms with van der Waals surface area (Å²) in [6.07, 6.45) is 1.08. The van der Waals surface area contributed by atoms with Crippen molar-refractivity contribution < 1.29 is 13.6 Å². The molecule has 0 radical (unpaired) electrons. The molecule has 0 aromatic heterocycles. The van der Waals surface area contributed by atoms with E-state index in [0.29, 0.717) is 24.9 Å². The number of rotatable bonds is 6. The van der Waals surface area contributed by atoms with E-state index in [1.807, 2.05) is 11.9 Å². The van der Waals surface area contributed by atoms with Crippen molar-refractivity contribution in [1.29, 1.82) is 0 Å². The van der Waals surface area contributed by atoms with E-state index in [0.717, 1.165) is 5.69 Å². The van der Waals surface area contributed by atoms with Crippen LogP contribution in [0.1, 0.15) is 23.2 Å². The molecule has 0 amide bonds. The molecule has 0 aliphatic rings. The topological polar surface area (TPSA) is 20.3 Å². The Morgan fingerprint density at radius 3 is 2.05 bits per heavy atom. The number of anilines is 1. The van der Waals surface area contributed by atoms with E-state index in [1.54, 1.807) is 12.1 Å². The Morgan fingerprint density at radius 1 is 0.952 bits per heavy atom. The second kappa shape index (κ2) is 6.97. The molecule has 0 spiro atoms. The number of carbonyl (C=O) groups is 1. The maximum atomic E-state index is 12.8. The van der Waals surface area contributed by atoms with Gasteiger partial charge >= 0.3 is 0 Å². The molecular weight excluding hydrogens is 272 g/mol. The van der Waals surface area contributed by atoms with Crippen molar-refractivity contribution in [2.45, 2.75) is 12.8 Å². The molecule has 0 saturated carbocycles. The number of nitrogens with zero attached hydrogens (tertiary/aromatic N) is 1. The predicted octanol–water partition coefficient (Wildman–Crippen LogP) is 4.06. The molecule has 2 rings (SSSR count). The van der Waals surface area contributed by atoms with Crippen LogP contribution in [0.25, 0.3) is 0 Å². The van der Waals surface area contributed by atoms with Gasteiger partial charge in [0.15, 0.2) is 5.78 Å². The quantitative estimate of drug-likeness (QED) is 0.747. The van der Waals surface area contributed by atoms with Gasteiger partial charge in [-0.05, 0) is 55.0 Å². The Bertz CT molecular complexity index is 593. The van der Waals surface area contributed by atoms with Crippen LogP contribution in [-0.4, -0.2) is 19.4 Å². The first-order chi connectivity index (χ1) is 10.1. The molecule has 2 nitrogen and oxygen atoms in total. The van der Waals surface area contributed by atoms with E-state index in [4.69, 9.17) is 0 Å². The largest absolute Gasteiger partial charge is 0.375 e. The van der Waals surface area contributed by atoms with Crippen molar-refractivity contribution >= 4 is 11.5 Å². The Kier molecular flexibility index (Phi) is 5.04. The Hall–Kier alpha value is -2.23. The van der Waals surface area contributed by atoms with Gasteiger partial charge in [-0.1, -0.05) is 0 Å². The first-order valence-electron chi connectivity index (χ1n) is 6.82. The van der Waals surface area contributed by atoms with Crippen LogP contribution in [-0.2, 0) is 0 Å². The Morgan fingerprint density at radius 2 is 1.48 bits per heavy atom. The lowest BCUT2D eigenvalue weighted by Gasteiger charge is -2.18. The molecule has 4 heteroatoms. The molecule has 0 saturated heterocycles. The molecule has 2 aromatic carbocycles. The zero-order valence-electron chi connectivity index (χ0n) is 11.9. The number of hydrogen-bond donors (Lipinski definition) is 0. The lowest BCUT2D eigenvalue weighted by Crippen LogP contribution is -2.19. The number of Topliss-reactive ketones (excluding diaryl/α,β-unsaturated/α-hetero) is 1. The molecule has 2 aromatic rings. The normalized spacial score (nSPS) is 10.4. The molecule has 0 atom stereocenters. The molecule has 0 bridgehead atoms. The number of hydrogen-bond acceptors (Lipinski definition) is 2. The van der Waals surface area contributed by atoms with Crippen molar-refractivity contribution in [3.8, 4) is 0 Å². The third-order valence-corrected chi connectivity index (χ3v) is 3.33. The number of ketones is 1. The van der Waals surface area contributed by atoms with Gasteiger partial charge in [0, 0.05) is 31.3 Å². The average Bonchev–Trinajstić information content (AvgIpc) is 2.48. The maximum Gasteiger partial charge on any atom is 0.162 e. The van der Waals surface area contributed by atoms with Gasteiger partial charge in [-0.2, -0.15) is 0 Å². The standard InChI is InChI=1S/C17H17F2NO/c1-20(16-10-8-15(19)9-11-16)12-2-3-17(21)13-4-6-14(18)7-5-13/h4-11H,2-3,12H2,1H3. The fourth-order valence-corrected chi connectivity index (χ4v) is 2.08. The summed E-state index contributed by atoms with van der Waals surface area (Å²) >= 11 is 0. The minimum Gasteiger partial charge on any atom is -0.375 e. The third-order valence-electron chi connectivity index (χ3n) is 3.33. The highest BCUT2D eigenvalue weighted by Crippen LogP contribution is 2.14. The molecule has 110 valence electrons. The summed E-state index contributed by atoms with van der Waals surface area (Å²) in [6.45, 7) is 0.693. The van der Waals surface area contributed by atoms with Crippen LogP contribution in [0.2, 0.25) is 0 Å². The van der Waals surface area contributed by atoms with E-state index in [9.17, 15) is 13.6 Å². The Balaban J connectivity index is 1.82. The maximum absolute atomic E-state index is 12.8. The highest BCUT2D eigenvalue weighted by Gasteiger charge is 2.07. The highest BCUT2D eigenvalue weighted by atomic mass is 19.1. The fraction of sp³-hybridized carbons (Fsp3) is 0.235. The molecule has 0 aliphatic carbocycles. The molecule has 0 heterocycles. The first kappa shape index (κ1) is 15.2. The van der Waals surface area contributed by atoms with E-state index < -0.39 is 0 Å². The Labute approximate surface area is 123 Å². The van der Waals surface area contributed by atoms with Gasteiger partial charge in [0.25, 0.3) is 0 Å². The van der Waals surface area contributed by atoms with Gasteiger partial charge in [0.05, 0.1) is 0 Å². The van der Waals surface area contributed by atoms with Crippen molar-refractivity contribution in [2.75, 3.05) is 18.5 Å². The lowest BCUT2D eigenvalue weighted by atomic mass is 10.1. The molecule has 0 fully saturated rings. The summed E-state index contributed by atoms with van der Waals surface area (Å²) in [5.41, 5.74) is 1.44. The summed E-state index contributed by atoms with van der Waals surface area (Å²) in [4.78, 5) is 13.9. The summed E-state index contributed by atoms with van der Waals surface area (Å²) < 4.78 is 25.6. The first-order valence-corrected chi connectivity index (χ1v) is 6.82. The lowest BCUT2D eigenvalue weighted by molar-refractivity contribution is 0.0980. The van der Waals surface area contributed by atoms with Gasteiger partial charge in [0.1, 0.15) is 11.6 Å². The van der Waals surface area contributed by atoms with Crippen LogP contribution in [0.4, 0.5) is 14.5 Å². The van der Waals surface area contributed by atoms with Gasteiger partial charge in [0.2, 0.25) is 0 Å². The minimum absolute atomic E-state index is 0.00232. The van der Waals surface area contributed by atoms with E-state index >= 15 is 0 Å². The van der Waals surface area contributed by atoms with Crippen LogP contribution in [0, 0.1) is 11.6 Å². The third kappa shape index (κ3) is 4.38. The number of carbonyl (C=O) groups excluding carboxylic acids is 1. The summed E-state index contributed by atoms with van der Waals surface area (Å²) in [5.74, 6) is -0.608. The predicted molar refractivity (Wildman–Crippen MR) is 79.6 cm³/mol. The molecule has 0 aliphatic heterocycles. The van der Waals surface area contributed by atoms with E-state index in [2.05, 4.69) is 0 Å². The van der Waals surface area contributed by atoms with E-state index in [-0.39, 0.29) is 17.4 Å². The zero-order chi connectivity index (χ0) is 15.2. The van der Waals surface area contributed by atoms with Crippen molar-refractivity contribution in [3.63, 3.8) is 0 Å². The second-order valence-corrected chi connectivity index (χ2v) is 4.93. The van der Waals surface area contributed by atoms with E-state index in [1.165, 1.54) is 36.4 Å². The van der Waals surface area contributed by atoms with Crippen molar-refractivity contribution in [1.82, 2.24) is 0 Å². The van der Waals surface area contributed by atoms with Gasteiger partial charge < -0.3 is 4.90 Å². The smallest absolute Gasteiger partial charge is 0.162 e. The average molecular weight is 289 g/mol. The van der Waals surface area contributed by atoms with Crippen LogP contribution >= 0.6 is 0 Å². The second-order valence-electron chi connectivity index (χ2n) is 4.93. The van der Waals surface area contributed by atoms with Crippen LogP contribution < -0.4 is 4.90 Å². The molecule has 21 heavy (non-hydrogen) atoms.